The summed E-state index contributed by atoms with van der Waals surface area (Å²) < 4.78 is 32.7. The van der Waals surface area contributed by atoms with Gasteiger partial charge in [-0.2, -0.15) is 0 Å². The molecule has 0 spiro atoms. The van der Waals surface area contributed by atoms with Gasteiger partial charge in [-0.05, 0) is 35.1 Å². The molecule has 0 heterocycles. The third kappa shape index (κ3) is 4.89. The molecule has 0 radical (unpaired) electrons. The molecule has 1 fully saturated rings. The van der Waals surface area contributed by atoms with Gasteiger partial charge in [0.25, 0.3) is 5.92 Å². The number of amides is 2. The lowest BCUT2D eigenvalue weighted by Gasteiger charge is -2.19. The van der Waals surface area contributed by atoms with Crippen LogP contribution in [0.5, 0.6) is 0 Å². The Balaban J connectivity index is 1.35. The van der Waals surface area contributed by atoms with Gasteiger partial charge >= 0.3 is 12.1 Å². The minimum absolute atomic E-state index is 0.0598. The van der Waals surface area contributed by atoms with Crippen LogP contribution in [-0.4, -0.2) is 48.2 Å². The van der Waals surface area contributed by atoms with Gasteiger partial charge < -0.3 is 20.5 Å². The molecule has 184 valence electrons. The molecule has 1 saturated carbocycles. The fourth-order valence-electron chi connectivity index (χ4n) is 4.65. The largest absolute Gasteiger partial charge is 0.481 e. The quantitative estimate of drug-likeness (QED) is 0.443. The number of alkyl carbamates (subject to hydrolysis) is 1. The molecule has 0 aromatic heterocycles. The smallest absolute Gasteiger partial charge is 0.407 e. The van der Waals surface area contributed by atoms with E-state index in [1.54, 1.807) is 6.08 Å². The van der Waals surface area contributed by atoms with Gasteiger partial charge in [-0.3, -0.25) is 9.59 Å². The summed E-state index contributed by atoms with van der Waals surface area (Å²) in [5.74, 6) is -9.10. The first kappa shape index (κ1) is 24.4. The van der Waals surface area contributed by atoms with Crippen LogP contribution in [0.3, 0.4) is 0 Å². The predicted molar refractivity (Wildman–Crippen MR) is 124 cm³/mol. The summed E-state index contributed by atoms with van der Waals surface area (Å²) >= 11 is 0. The van der Waals surface area contributed by atoms with E-state index in [1.165, 1.54) is 0 Å². The summed E-state index contributed by atoms with van der Waals surface area (Å²) in [4.78, 5) is 36.1. The second-order valence-corrected chi connectivity index (χ2v) is 8.73. The molecule has 35 heavy (non-hydrogen) atoms. The number of ether oxygens (including phenoxy) is 1. The van der Waals surface area contributed by atoms with Crippen LogP contribution in [0.1, 0.15) is 29.9 Å². The second-order valence-electron chi connectivity index (χ2n) is 8.73. The summed E-state index contributed by atoms with van der Waals surface area (Å²) in [6, 6.07) is 14.7. The number of carbonyl (C=O) groups is 3. The number of halogens is 2. The van der Waals surface area contributed by atoms with E-state index in [1.807, 2.05) is 48.5 Å². The minimum Gasteiger partial charge on any atom is -0.481 e. The normalized spacial score (nSPS) is 20.2. The summed E-state index contributed by atoms with van der Waals surface area (Å²) in [5, 5.41) is 13.7. The van der Waals surface area contributed by atoms with Crippen LogP contribution >= 0.6 is 0 Å². The monoisotopic (exact) mass is 484 g/mol. The third-order valence-electron chi connectivity index (χ3n) is 6.58. The van der Waals surface area contributed by atoms with Crippen molar-refractivity contribution in [2.24, 2.45) is 11.8 Å². The molecule has 2 amide bonds. The predicted octanol–water partition coefficient (Wildman–Crippen LogP) is 3.94. The average Bonchev–Trinajstić information content (AvgIpc) is 3.25. The van der Waals surface area contributed by atoms with Gasteiger partial charge in [0.15, 0.2) is 0 Å². The molecule has 2 aromatic carbocycles. The number of carboxylic acids is 1. The highest BCUT2D eigenvalue weighted by atomic mass is 19.3. The Kier molecular flexibility index (Phi) is 6.86. The minimum atomic E-state index is -3.37. The lowest BCUT2D eigenvalue weighted by Crippen LogP contribution is -2.47. The van der Waals surface area contributed by atoms with Crippen molar-refractivity contribution in [1.82, 2.24) is 10.6 Å². The van der Waals surface area contributed by atoms with Crippen molar-refractivity contribution in [3.8, 4) is 11.1 Å². The van der Waals surface area contributed by atoms with E-state index in [2.05, 4.69) is 17.2 Å². The number of hydrogen-bond donors (Lipinski definition) is 3. The van der Waals surface area contributed by atoms with Gasteiger partial charge in [-0.1, -0.05) is 54.6 Å². The zero-order chi connectivity index (χ0) is 25.2. The van der Waals surface area contributed by atoms with Crippen LogP contribution in [0.15, 0.2) is 61.2 Å². The number of allylic oxidation sites excluding steroid dienone is 1. The second kappa shape index (κ2) is 9.85. The number of carboxylic acid groups (broad SMARTS) is 1. The Morgan fingerprint density at radius 3 is 2.23 bits per heavy atom. The molecular formula is C26H26F2N2O5. The van der Waals surface area contributed by atoms with Crippen molar-refractivity contribution in [2.75, 3.05) is 13.2 Å². The van der Waals surface area contributed by atoms with Crippen LogP contribution in [-0.2, 0) is 14.3 Å². The van der Waals surface area contributed by atoms with E-state index in [4.69, 9.17) is 9.84 Å². The maximum absolute atomic E-state index is 13.6. The Labute approximate surface area is 201 Å². The fourth-order valence-corrected chi connectivity index (χ4v) is 4.65. The molecule has 1 unspecified atom stereocenters. The Hall–Kier alpha value is -3.75. The van der Waals surface area contributed by atoms with Crippen molar-refractivity contribution in [3.63, 3.8) is 0 Å². The van der Waals surface area contributed by atoms with Gasteiger partial charge in [-0.15, -0.1) is 6.58 Å². The number of carbonyl (C=O) groups excluding carboxylic acids is 2. The Morgan fingerprint density at radius 2 is 1.69 bits per heavy atom. The summed E-state index contributed by atoms with van der Waals surface area (Å²) in [7, 11) is 0. The number of aliphatic carboxylic acids is 1. The number of benzene rings is 2. The summed E-state index contributed by atoms with van der Waals surface area (Å²) in [6.07, 6.45) is 1.33. The highest BCUT2D eigenvalue weighted by Gasteiger charge is 2.72. The van der Waals surface area contributed by atoms with Gasteiger partial charge in [0.05, 0.1) is 5.92 Å². The SMILES string of the molecule is C=CCCC(NC(=O)OCC1c2ccccc2-c2ccccc21)C(=O)NC[C@H]1[C@@H](C(=O)O)C1(F)F. The maximum Gasteiger partial charge on any atom is 0.407 e. The van der Waals surface area contributed by atoms with Gasteiger partial charge in [0, 0.05) is 12.5 Å². The zero-order valence-corrected chi connectivity index (χ0v) is 18.9. The summed E-state index contributed by atoms with van der Waals surface area (Å²) in [6.45, 7) is 3.15. The van der Waals surface area contributed by atoms with E-state index < -0.39 is 48.3 Å². The van der Waals surface area contributed by atoms with Crippen LogP contribution in [0.2, 0.25) is 0 Å². The van der Waals surface area contributed by atoms with Crippen molar-refractivity contribution >= 4 is 18.0 Å². The highest BCUT2D eigenvalue weighted by molar-refractivity contribution is 5.86. The highest BCUT2D eigenvalue weighted by Crippen LogP contribution is 2.54. The molecule has 2 aromatic rings. The number of fused-ring (bicyclic) bond motifs is 3. The van der Waals surface area contributed by atoms with E-state index in [0.717, 1.165) is 22.3 Å². The number of nitrogens with one attached hydrogen (secondary N) is 2. The van der Waals surface area contributed by atoms with Gasteiger partial charge in [0.2, 0.25) is 5.91 Å². The van der Waals surface area contributed by atoms with Crippen LogP contribution in [0, 0.1) is 11.8 Å². The van der Waals surface area contributed by atoms with Gasteiger partial charge in [-0.25, -0.2) is 13.6 Å². The molecule has 9 heteroatoms. The molecule has 2 aliphatic rings. The van der Waals surface area contributed by atoms with Gasteiger partial charge in [0.1, 0.15) is 18.6 Å². The molecule has 7 nitrogen and oxygen atoms in total. The maximum atomic E-state index is 13.6. The molecule has 0 bridgehead atoms. The van der Waals surface area contributed by atoms with Crippen LogP contribution < -0.4 is 10.6 Å². The lowest BCUT2D eigenvalue weighted by molar-refractivity contribution is -0.141. The number of alkyl halides is 2. The average molecular weight is 484 g/mol. The van der Waals surface area contributed by atoms with Crippen molar-refractivity contribution in [1.29, 1.82) is 0 Å². The first-order valence-electron chi connectivity index (χ1n) is 11.4. The first-order valence-corrected chi connectivity index (χ1v) is 11.4. The number of hydrogen-bond acceptors (Lipinski definition) is 4. The Morgan fingerprint density at radius 1 is 1.09 bits per heavy atom. The first-order chi connectivity index (χ1) is 16.8. The van der Waals surface area contributed by atoms with Crippen LogP contribution in [0.25, 0.3) is 11.1 Å². The van der Waals surface area contributed by atoms with E-state index in [0.29, 0.717) is 6.42 Å². The zero-order valence-electron chi connectivity index (χ0n) is 18.9. The van der Waals surface area contributed by atoms with Crippen molar-refractivity contribution in [3.05, 3.63) is 72.3 Å². The van der Waals surface area contributed by atoms with Crippen molar-refractivity contribution in [2.45, 2.75) is 30.7 Å². The number of rotatable bonds is 10. The molecular weight excluding hydrogens is 458 g/mol. The molecule has 0 aliphatic heterocycles. The standard InChI is InChI=1S/C26H26F2N2O5/c1-2-3-12-21(23(31)29-13-20-22(24(32)33)26(20,27)28)30-25(34)35-14-19-17-10-6-4-8-15(17)16-9-5-7-11-18(16)19/h2,4-11,19-22H,1,3,12-14H2,(H,29,31)(H,30,34)(H,32,33)/t20-,21?,22-/m0/s1. The fraction of sp³-hybridized carbons (Fsp3) is 0.346. The third-order valence-corrected chi connectivity index (χ3v) is 6.58. The van der Waals surface area contributed by atoms with E-state index in [-0.39, 0.29) is 18.9 Å². The molecule has 3 N–H and O–H groups in total. The Bertz CT molecular complexity index is 1110. The molecule has 3 atom stereocenters. The van der Waals surface area contributed by atoms with Crippen LogP contribution in [0.4, 0.5) is 13.6 Å². The summed E-state index contributed by atoms with van der Waals surface area (Å²) in [5.41, 5.74) is 4.25. The van der Waals surface area contributed by atoms with E-state index >= 15 is 0 Å². The molecule has 4 rings (SSSR count). The van der Waals surface area contributed by atoms with E-state index in [9.17, 15) is 23.2 Å². The molecule has 2 aliphatic carbocycles. The molecule has 0 saturated heterocycles. The lowest BCUT2D eigenvalue weighted by atomic mass is 9.98. The van der Waals surface area contributed by atoms with Crippen molar-refractivity contribution < 1.29 is 33.0 Å². The topological polar surface area (TPSA) is 105 Å².